The highest BCUT2D eigenvalue weighted by Crippen LogP contribution is 2.11. The SMILES string of the molecule is CCCCOCCOCCNC(=NC)NCc1cccc(OC)c1.I. The van der Waals surface area contributed by atoms with Gasteiger partial charge in [0.05, 0.1) is 26.9 Å². The number of aliphatic imine (C=N–C) groups is 1. The molecule has 1 aromatic rings. The smallest absolute Gasteiger partial charge is 0.191 e. The van der Waals surface area contributed by atoms with Crippen molar-refractivity contribution in [1.29, 1.82) is 0 Å². The van der Waals surface area contributed by atoms with Crippen LogP contribution in [0.3, 0.4) is 0 Å². The molecule has 0 aliphatic carbocycles. The van der Waals surface area contributed by atoms with E-state index < -0.39 is 0 Å². The highest BCUT2D eigenvalue weighted by molar-refractivity contribution is 14.0. The number of methoxy groups -OCH3 is 1. The molecule has 0 aromatic heterocycles. The number of ether oxygens (including phenoxy) is 3. The van der Waals surface area contributed by atoms with E-state index in [1.165, 1.54) is 0 Å². The molecule has 0 saturated carbocycles. The summed E-state index contributed by atoms with van der Waals surface area (Å²) in [7, 11) is 3.42. The Morgan fingerprint density at radius 2 is 1.84 bits per heavy atom. The normalized spacial score (nSPS) is 10.9. The molecular formula is C18H32IN3O3. The van der Waals surface area contributed by atoms with Gasteiger partial charge in [0.1, 0.15) is 5.75 Å². The van der Waals surface area contributed by atoms with Crippen molar-refractivity contribution in [1.82, 2.24) is 10.6 Å². The molecule has 0 saturated heterocycles. The summed E-state index contributed by atoms with van der Waals surface area (Å²) in [5.74, 6) is 1.60. The average Bonchev–Trinajstić information content (AvgIpc) is 2.63. The van der Waals surface area contributed by atoms with Crippen molar-refractivity contribution in [3.63, 3.8) is 0 Å². The van der Waals surface area contributed by atoms with Crippen LogP contribution in [-0.4, -0.2) is 53.1 Å². The molecule has 1 aromatic carbocycles. The summed E-state index contributed by atoms with van der Waals surface area (Å²) < 4.78 is 16.2. The molecule has 6 nitrogen and oxygen atoms in total. The van der Waals surface area contributed by atoms with Crippen molar-refractivity contribution in [3.05, 3.63) is 29.8 Å². The molecular weight excluding hydrogens is 433 g/mol. The van der Waals surface area contributed by atoms with Gasteiger partial charge < -0.3 is 24.8 Å². The summed E-state index contributed by atoms with van der Waals surface area (Å²) in [4.78, 5) is 4.20. The number of rotatable bonds is 12. The first-order valence-corrected chi connectivity index (χ1v) is 8.53. The maximum absolute atomic E-state index is 5.52. The first kappa shape index (κ1) is 23.9. The van der Waals surface area contributed by atoms with Gasteiger partial charge in [-0.1, -0.05) is 25.5 Å². The van der Waals surface area contributed by atoms with Gasteiger partial charge in [0, 0.05) is 26.7 Å². The molecule has 1 rings (SSSR count). The summed E-state index contributed by atoms with van der Waals surface area (Å²) in [6, 6.07) is 7.95. The molecule has 144 valence electrons. The fraction of sp³-hybridized carbons (Fsp3) is 0.611. The van der Waals surface area contributed by atoms with Gasteiger partial charge in [-0.15, -0.1) is 24.0 Å². The summed E-state index contributed by atoms with van der Waals surface area (Å²) in [6.07, 6.45) is 2.27. The van der Waals surface area contributed by atoms with E-state index in [9.17, 15) is 0 Å². The third-order valence-corrected chi connectivity index (χ3v) is 3.37. The van der Waals surface area contributed by atoms with Crippen molar-refractivity contribution in [3.8, 4) is 5.75 Å². The second-order valence-electron chi connectivity index (χ2n) is 5.28. The molecule has 0 spiro atoms. The Bertz CT molecular complexity index is 473. The predicted molar refractivity (Wildman–Crippen MR) is 113 cm³/mol. The fourth-order valence-electron chi connectivity index (χ4n) is 2.00. The zero-order chi connectivity index (χ0) is 17.5. The van der Waals surface area contributed by atoms with Crippen LogP contribution in [0.2, 0.25) is 0 Å². The summed E-state index contributed by atoms with van der Waals surface area (Å²) in [6.45, 7) is 6.26. The van der Waals surface area contributed by atoms with Crippen LogP contribution in [0.15, 0.2) is 29.3 Å². The topological polar surface area (TPSA) is 64.1 Å². The van der Waals surface area contributed by atoms with Crippen LogP contribution in [0, 0.1) is 0 Å². The summed E-state index contributed by atoms with van der Waals surface area (Å²) in [5, 5.41) is 6.49. The molecule has 0 aliphatic heterocycles. The Balaban J connectivity index is 0.00000576. The standard InChI is InChI=1S/C18H31N3O3.HI/c1-4-5-10-23-12-13-24-11-9-20-18(19-2)21-15-16-7-6-8-17(14-16)22-3;/h6-8,14H,4-5,9-13,15H2,1-3H3,(H2,19,20,21);1H. The van der Waals surface area contributed by atoms with E-state index in [1.54, 1.807) is 14.2 Å². The van der Waals surface area contributed by atoms with Gasteiger partial charge >= 0.3 is 0 Å². The Morgan fingerprint density at radius 1 is 1.08 bits per heavy atom. The van der Waals surface area contributed by atoms with Crippen LogP contribution in [0.1, 0.15) is 25.3 Å². The molecule has 2 N–H and O–H groups in total. The van der Waals surface area contributed by atoms with Crippen LogP contribution in [-0.2, 0) is 16.0 Å². The Kier molecular flexibility index (Phi) is 15.7. The van der Waals surface area contributed by atoms with Gasteiger partial charge in [-0.25, -0.2) is 0 Å². The molecule has 0 bridgehead atoms. The maximum atomic E-state index is 5.52. The van der Waals surface area contributed by atoms with Gasteiger partial charge in [0.25, 0.3) is 0 Å². The van der Waals surface area contributed by atoms with Crippen molar-refractivity contribution in [2.75, 3.05) is 47.1 Å². The zero-order valence-corrected chi connectivity index (χ0v) is 17.9. The Labute approximate surface area is 168 Å². The van der Waals surface area contributed by atoms with Gasteiger partial charge in [-0.3, -0.25) is 4.99 Å². The summed E-state index contributed by atoms with van der Waals surface area (Å²) in [5.41, 5.74) is 1.14. The van der Waals surface area contributed by atoms with Gasteiger partial charge in [0.2, 0.25) is 0 Å². The third kappa shape index (κ3) is 12.0. The third-order valence-electron chi connectivity index (χ3n) is 3.37. The first-order chi connectivity index (χ1) is 11.8. The fourth-order valence-corrected chi connectivity index (χ4v) is 2.00. The van der Waals surface area contributed by atoms with Crippen LogP contribution in [0.25, 0.3) is 0 Å². The Morgan fingerprint density at radius 3 is 2.52 bits per heavy atom. The quantitative estimate of drug-likeness (QED) is 0.215. The lowest BCUT2D eigenvalue weighted by molar-refractivity contribution is 0.0487. The monoisotopic (exact) mass is 465 g/mol. The molecule has 0 aliphatic rings. The molecule has 0 radical (unpaired) electrons. The van der Waals surface area contributed by atoms with E-state index in [4.69, 9.17) is 14.2 Å². The van der Waals surface area contributed by atoms with E-state index in [0.29, 0.717) is 32.9 Å². The van der Waals surface area contributed by atoms with Crippen LogP contribution in [0.5, 0.6) is 5.75 Å². The maximum Gasteiger partial charge on any atom is 0.191 e. The molecule has 7 heteroatoms. The van der Waals surface area contributed by atoms with E-state index in [2.05, 4.69) is 22.5 Å². The molecule has 0 atom stereocenters. The number of halogens is 1. The first-order valence-electron chi connectivity index (χ1n) is 8.53. The number of nitrogens with one attached hydrogen (secondary N) is 2. The number of nitrogens with zero attached hydrogens (tertiary/aromatic N) is 1. The lowest BCUT2D eigenvalue weighted by atomic mass is 10.2. The molecule has 25 heavy (non-hydrogen) atoms. The number of hydrogen-bond donors (Lipinski definition) is 2. The Hall–Kier alpha value is -1.06. The van der Waals surface area contributed by atoms with E-state index in [1.807, 2.05) is 24.3 Å². The molecule has 0 unspecified atom stereocenters. The summed E-state index contributed by atoms with van der Waals surface area (Å²) >= 11 is 0. The second kappa shape index (κ2) is 16.4. The van der Waals surface area contributed by atoms with Crippen LogP contribution in [0.4, 0.5) is 0 Å². The van der Waals surface area contributed by atoms with Gasteiger partial charge in [-0.05, 0) is 24.1 Å². The van der Waals surface area contributed by atoms with E-state index in [0.717, 1.165) is 36.7 Å². The van der Waals surface area contributed by atoms with Gasteiger partial charge in [-0.2, -0.15) is 0 Å². The highest BCUT2D eigenvalue weighted by Gasteiger charge is 1.99. The minimum atomic E-state index is 0. The van der Waals surface area contributed by atoms with Crippen LogP contribution < -0.4 is 15.4 Å². The second-order valence-corrected chi connectivity index (χ2v) is 5.28. The minimum absolute atomic E-state index is 0. The van der Waals surface area contributed by atoms with E-state index >= 15 is 0 Å². The number of hydrogen-bond acceptors (Lipinski definition) is 4. The largest absolute Gasteiger partial charge is 0.497 e. The van der Waals surface area contributed by atoms with Crippen molar-refractivity contribution >= 4 is 29.9 Å². The lowest BCUT2D eigenvalue weighted by Crippen LogP contribution is -2.38. The zero-order valence-electron chi connectivity index (χ0n) is 15.5. The lowest BCUT2D eigenvalue weighted by Gasteiger charge is -2.12. The number of benzene rings is 1. The van der Waals surface area contributed by atoms with Crippen molar-refractivity contribution < 1.29 is 14.2 Å². The van der Waals surface area contributed by atoms with Gasteiger partial charge in [0.15, 0.2) is 5.96 Å². The average molecular weight is 465 g/mol. The molecule has 0 fully saturated rings. The van der Waals surface area contributed by atoms with Crippen molar-refractivity contribution in [2.24, 2.45) is 4.99 Å². The highest BCUT2D eigenvalue weighted by atomic mass is 127. The molecule has 0 heterocycles. The number of guanidine groups is 1. The van der Waals surface area contributed by atoms with Crippen molar-refractivity contribution in [2.45, 2.75) is 26.3 Å². The molecule has 0 amide bonds. The van der Waals surface area contributed by atoms with Crippen LogP contribution >= 0.6 is 24.0 Å². The number of unbranched alkanes of at least 4 members (excludes halogenated alkanes) is 1. The predicted octanol–water partition coefficient (Wildman–Crippen LogP) is 2.81. The minimum Gasteiger partial charge on any atom is -0.497 e. The van der Waals surface area contributed by atoms with E-state index in [-0.39, 0.29) is 24.0 Å².